The second-order valence-electron chi connectivity index (χ2n) is 8.10. The zero-order valence-electron chi connectivity index (χ0n) is 17.6. The van der Waals surface area contributed by atoms with Crippen LogP contribution in [0.1, 0.15) is 36.6 Å². The maximum atomic E-state index is 5.51. The minimum absolute atomic E-state index is 0.584. The number of hydrogen-bond acceptors (Lipinski definition) is 5. The zero-order valence-corrected chi connectivity index (χ0v) is 17.6. The molecule has 1 aromatic carbocycles. The first kappa shape index (κ1) is 18.9. The summed E-state index contributed by atoms with van der Waals surface area (Å²) < 4.78 is 7.43. The van der Waals surface area contributed by atoms with Gasteiger partial charge in [0.1, 0.15) is 5.82 Å². The number of rotatable bonds is 5. The fraction of sp³-hybridized carbons (Fsp3) is 0.375. The monoisotopic (exact) mass is 401 g/mol. The Bertz CT molecular complexity index is 1130. The second kappa shape index (κ2) is 7.94. The van der Waals surface area contributed by atoms with Gasteiger partial charge in [-0.1, -0.05) is 37.3 Å². The first-order valence-electron chi connectivity index (χ1n) is 10.8. The molecule has 0 amide bonds. The standard InChI is InChI=1S/C24H27N5O/c1-3-20-17(2)25-24-26-22(21-10-7-15-30-21)27-29(24)23(20)28-13-11-19(12-14-28)16-18-8-5-4-6-9-18/h4-10,15,19H,3,11-14,16H2,1-2H3. The fourth-order valence-corrected chi connectivity index (χ4v) is 4.57. The SMILES string of the molecule is CCc1c(C)nc2nc(-c3ccco3)nn2c1N1CCC(Cc2ccccc2)CC1. The van der Waals surface area contributed by atoms with Crippen molar-refractivity contribution in [3.8, 4) is 11.6 Å². The van der Waals surface area contributed by atoms with Gasteiger partial charge in [-0.2, -0.15) is 9.50 Å². The van der Waals surface area contributed by atoms with E-state index in [4.69, 9.17) is 14.5 Å². The highest BCUT2D eigenvalue weighted by atomic mass is 16.3. The molecule has 1 aliphatic heterocycles. The average molecular weight is 402 g/mol. The summed E-state index contributed by atoms with van der Waals surface area (Å²) in [5, 5.41) is 4.77. The molecule has 0 aliphatic carbocycles. The van der Waals surface area contributed by atoms with Gasteiger partial charge >= 0.3 is 0 Å². The summed E-state index contributed by atoms with van der Waals surface area (Å²) in [6, 6.07) is 14.6. The van der Waals surface area contributed by atoms with Crippen LogP contribution >= 0.6 is 0 Å². The van der Waals surface area contributed by atoms with E-state index in [-0.39, 0.29) is 0 Å². The maximum absolute atomic E-state index is 5.51. The van der Waals surface area contributed by atoms with Gasteiger partial charge in [-0.25, -0.2) is 4.98 Å². The van der Waals surface area contributed by atoms with Crippen molar-refractivity contribution in [2.24, 2.45) is 5.92 Å². The summed E-state index contributed by atoms with van der Waals surface area (Å²) >= 11 is 0. The van der Waals surface area contributed by atoms with Crippen LogP contribution < -0.4 is 4.90 Å². The van der Waals surface area contributed by atoms with Gasteiger partial charge in [-0.3, -0.25) is 0 Å². The van der Waals surface area contributed by atoms with Gasteiger partial charge in [0.05, 0.1) is 6.26 Å². The molecule has 154 valence electrons. The average Bonchev–Trinajstić information content (AvgIpc) is 3.44. The molecule has 0 spiro atoms. The summed E-state index contributed by atoms with van der Waals surface area (Å²) in [5.74, 6) is 3.76. The molecule has 5 rings (SSSR count). The van der Waals surface area contributed by atoms with Crippen molar-refractivity contribution in [1.29, 1.82) is 0 Å². The normalized spacial score (nSPS) is 15.2. The molecule has 4 heterocycles. The van der Waals surface area contributed by atoms with Crippen LogP contribution in [0.15, 0.2) is 53.1 Å². The van der Waals surface area contributed by atoms with E-state index in [1.54, 1.807) is 6.26 Å². The lowest BCUT2D eigenvalue weighted by Crippen LogP contribution is -2.36. The zero-order chi connectivity index (χ0) is 20.5. The first-order valence-corrected chi connectivity index (χ1v) is 10.8. The van der Waals surface area contributed by atoms with Crippen LogP contribution in [-0.4, -0.2) is 32.7 Å². The molecular weight excluding hydrogens is 374 g/mol. The van der Waals surface area contributed by atoms with E-state index in [9.17, 15) is 0 Å². The fourth-order valence-electron chi connectivity index (χ4n) is 4.57. The molecule has 4 aromatic rings. The van der Waals surface area contributed by atoms with Crippen LogP contribution in [0.3, 0.4) is 0 Å². The van der Waals surface area contributed by atoms with Crippen molar-refractivity contribution in [3.05, 3.63) is 65.5 Å². The first-order chi connectivity index (χ1) is 14.7. The number of aryl methyl sites for hydroxylation is 1. The molecule has 1 fully saturated rings. The Balaban J connectivity index is 1.44. The molecule has 30 heavy (non-hydrogen) atoms. The quantitative estimate of drug-likeness (QED) is 0.484. The third kappa shape index (κ3) is 3.47. The Morgan fingerprint density at radius 2 is 1.83 bits per heavy atom. The molecule has 6 nitrogen and oxygen atoms in total. The van der Waals surface area contributed by atoms with Gasteiger partial charge in [0.2, 0.25) is 5.82 Å². The van der Waals surface area contributed by atoms with Crippen molar-refractivity contribution in [1.82, 2.24) is 19.6 Å². The number of anilines is 1. The lowest BCUT2D eigenvalue weighted by Gasteiger charge is -2.34. The van der Waals surface area contributed by atoms with E-state index in [1.165, 1.54) is 24.0 Å². The van der Waals surface area contributed by atoms with E-state index in [0.717, 1.165) is 43.4 Å². The predicted molar refractivity (Wildman–Crippen MR) is 118 cm³/mol. The van der Waals surface area contributed by atoms with Crippen LogP contribution in [0.25, 0.3) is 17.4 Å². The largest absolute Gasteiger partial charge is 0.461 e. The Kier molecular flexibility index (Phi) is 4.99. The van der Waals surface area contributed by atoms with Crippen molar-refractivity contribution < 1.29 is 4.42 Å². The number of furan rings is 1. The number of hydrogen-bond donors (Lipinski definition) is 0. The number of aromatic nitrogens is 4. The lowest BCUT2D eigenvalue weighted by molar-refractivity contribution is 0.400. The van der Waals surface area contributed by atoms with Crippen LogP contribution in [0.2, 0.25) is 0 Å². The number of benzene rings is 1. The molecule has 1 saturated heterocycles. The third-order valence-electron chi connectivity index (χ3n) is 6.14. The molecule has 1 aliphatic rings. The molecule has 0 atom stereocenters. The van der Waals surface area contributed by atoms with Crippen molar-refractivity contribution in [2.45, 2.75) is 39.5 Å². The Labute approximate surface area is 176 Å². The smallest absolute Gasteiger partial charge is 0.255 e. The Morgan fingerprint density at radius 3 is 2.53 bits per heavy atom. The molecule has 0 bridgehead atoms. The number of fused-ring (bicyclic) bond motifs is 1. The summed E-state index contributed by atoms with van der Waals surface area (Å²) in [7, 11) is 0. The maximum Gasteiger partial charge on any atom is 0.255 e. The molecule has 0 N–H and O–H groups in total. The van der Waals surface area contributed by atoms with E-state index in [1.807, 2.05) is 16.6 Å². The van der Waals surface area contributed by atoms with Crippen molar-refractivity contribution in [2.75, 3.05) is 18.0 Å². The van der Waals surface area contributed by atoms with Crippen LogP contribution in [-0.2, 0) is 12.8 Å². The molecule has 0 unspecified atom stereocenters. The van der Waals surface area contributed by atoms with Gasteiger partial charge in [-0.05, 0) is 56.2 Å². The second-order valence-corrected chi connectivity index (χ2v) is 8.10. The minimum atomic E-state index is 0.584. The van der Waals surface area contributed by atoms with E-state index >= 15 is 0 Å². The van der Waals surface area contributed by atoms with E-state index in [0.29, 0.717) is 17.4 Å². The van der Waals surface area contributed by atoms with Crippen LogP contribution in [0, 0.1) is 12.8 Å². The van der Waals surface area contributed by atoms with E-state index < -0.39 is 0 Å². The van der Waals surface area contributed by atoms with Crippen LogP contribution in [0.5, 0.6) is 0 Å². The number of nitrogens with zero attached hydrogens (tertiary/aromatic N) is 5. The van der Waals surface area contributed by atoms with E-state index in [2.05, 4.69) is 54.1 Å². The molecular formula is C24H27N5O. The highest BCUT2D eigenvalue weighted by Gasteiger charge is 2.26. The lowest BCUT2D eigenvalue weighted by atomic mass is 9.90. The van der Waals surface area contributed by atoms with Gasteiger partial charge in [0, 0.05) is 24.3 Å². The van der Waals surface area contributed by atoms with Gasteiger partial charge in [-0.15, -0.1) is 5.10 Å². The number of piperidine rings is 1. The molecule has 6 heteroatoms. The Hall–Kier alpha value is -3.15. The highest BCUT2D eigenvalue weighted by molar-refractivity contribution is 5.58. The van der Waals surface area contributed by atoms with Gasteiger partial charge in [0.25, 0.3) is 5.78 Å². The third-order valence-corrected chi connectivity index (χ3v) is 6.14. The van der Waals surface area contributed by atoms with Crippen molar-refractivity contribution in [3.63, 3.8) is 0 Å². The molecule has 3 aromatic heterocycles. The summed E-state index contributed by atoms with van der Waals surface area (Å²) in [4.78, 5) is 11.8. The Morgan fingerprint density at radius 1 is 1.03 bits per heavy atom. The summed E-state index contributed by atoms with van der Waals surface area (Å²) in [6.45, 7) is 6.32. The minimum Gasteiger partial charge on any atom is -0.461 e. The molecule has 0 saturated carbocycles. The topological polar surface area (TPSA) is 59.5 Å². The molecule has 0 radical (unpaired) electrons. The van der Waals surface area contributed by atoms with Gasteiger partial charge < -0.3 is 9.32 Å². The summed E-state index contributed by atoms with van der Waals surface area (Å²) in [6.07, 6.45) is 6.09. The van der Waals surface area contributed by atoms with Crippen LogP contribution in [0.4, 0.5) is 5.82 Å². The van der Waals surface area contributed by atoms with Gasteiger partial charge in [0.15, 0.2) is 5.76 Å². The van der Waals surface area contributed by atoms with Crippen molar-refractivity contribution >= 4 is 11.6 Å². The predicted octanol–water partition coefficient (Wildman–Crippen LogP) is 4.71. The highest BCUT2D eigenvalue weighted by Crippen LogP contribution is 2.30. The summed E-state index contributed by atoms with van der Waals surface area (Å²) in [5.41, 5.74) is 3.72.